The molecular weight excluding hydrogens is 204 g/mol. The first-order chi connectivity index (χ1) is 7.79. The highest BCUT2D eigenvalue weighted by molar-refractivity contribution is 6.21. The van der Waals surface area contributed by atoms with Crippen molar-refractivity contribution >= 4 is 11.8 Å². The zero-order valence-corrected chi connectivity index (χ0v) is 8.77. The van der Waals surface area contributed by atoms with Gasteiger partial charge < -0.3 is 5.32 Å². The fourth-order valence-electron chi connectivity index (χ4n) is 2.40. The van der Waals surface area contributed by atoms with Crippen molar-refractivity contribution in [3.05, 3.63) is 35.4 Å². The number of carbonyl (C=O) groups excluding carboxylic acids is 2. The first kappa shape index (κ1) is 9.54. The second-order valence-corrected chi connectivity index (χ2v) is 4.17. The van der Waals surface area contributed by atoms with Crippen LogP contribution in [-0.2, 0) is 0 Å². The number of nitrogens with one attached hydrogen (secondary N) is 1. The van der Waals surface area contributed by atoms with Gasteiger partial charge in [0.1, 0.15) is 0 Å². The molecule has 3 rings (SSSR count). The first-order valence-electron chi connectivity index (χ1n) is 5.46. The van der Waals surface area contributed by atoms with E-state index in [1.54, 1.807) is 24.3 Å². The summed E-state index contributed by atoms with van der Waals surface area (Å²) in [5, 5.41) is 3.17. The number of amides is 2. The molecule has 1 N–H and O–H groups in total. The van der Waals surface area contributed by atoms with E-state index < -0.39 is 0 Å². The Kier molecular flexibility index (Phi) is 2.04. The Morgan fingerprint density at radius 1 is 1.12 bits per heavy atom. The highest BCUT2D eigenvalue weighted by atomic mass is 16.2. The third kappa shape index (κ3) is 1.20. The van der Waals surface area contributed by atoms with Gasteiger partial charge in [0.2, 0.25) is 0 Å². The molecule has 4 nitrogen and oxygen atoms in total. The minimum Gasteiger partial charge on any atom is -0.315 e. The third-order valence-corrected chi connectivity index (χ3v) is 3.22. The summed E-state index contributed by atoms with van der Waals surface area (Å²) in [4.78, 5) is 25.6. The molecule has 0 aromatic heterocycles. The molecule has 1 aromatic rings. The fourth-order valence-corrected chi connectivity index (χ4v) is 2.40. The topological polar surface area (TPSA) is 49.4 Å². The van der Waals surface area contributed by atoms with Crippen LogP contribution in [0.1, 0.15) is 27.1 Å². The zero-order chi connectivity index (χ0) is 11.1. The molecule has 1 aromatic carbocycles. The molecule has 0 unspecified atom stereocenters. The van der Waals surface area contributed by atoms with Crippen LogP contribution in [-0.4, -0.2) is 35.8 Å². The summed E-state index contributed by atoms with van der Waals surface area (Å²) in [6.07, 6.45) is 0.853. The average Bonchev–Trinajstić information content (AvgIpc) is 2.89. The molecule has 1 saturated heterocycles. The lowest BCUT2D eigenvalue weighted by Crippen LogP contribution is -2.41. The number of imide groups is 1. The van der Waals surface area contributed by atoms with Gasteiger partial charge in [-0.05, 0) is 25.1 Å². The molecule has 0 saturated carbocycles. The first-order valence-corrected chi connectivity index (χ1v) is 5.46. The number of hydrogen-bond acceptors (Lipinski definition) is 3. The van der Waals surface area contributed by atoms with E-state index in [9.17, 15) is 9.59 Å². The van der Waals surface area contributed by atoms with E-state index in [0.717, 1.165) is 13.0 Å². The van der Waals surface area contributed by atoms with Crippen LogP contribution in [0.5, 0.6) is 0 Å². The van der Waals surface area contributed by atoms with Crippen LogP contribution in [0.3, 0.4) is 0 Å². The quantitative estimate of drug-likeness (QED) is 0.701. The smallest absolute Gasteiger partial charge is 0.261 e. The molecule has 0 bridgehead atoms. The van der Waals surface area contributed by atoms with E-state index in [1.807, 2.05) is 0 Å². The number of benzene rings is 1. The van der Waals surface area contributed by atoms with Gasteiger partial charge in [-0.3, -0.25) is 14.5 Å². The molecule has 1 atom stereocenters. The van der Waals surface area contributed by atoms with Crippen LogP contribution in [0, 0.1) is 0 Å². The second kappa shape index (κ2) is 3.42. The summed E-state index contributed by atoms with van der Waals surface area (Å²) >= 11 is 0. The van der Waals surface area contributed by atoms with E-state index in [0.29, 0.717) is 17.7 Å². The maximum absolute atomic E-state index is 12.1. The number of nitrogens with zero attached hydrogens (tertiary/aromatic N) is 1. The Morgan fingerprint density at radius 3 is 2.25 bits per heavy atom. The maximum Gasteiger partial charge on any atom is 0.261 e. The van der Waals surface area contributed by atoms with Crippen molar-refractivity contribution in [1.29, 1.82) is 0 Å². The minimum absolute atomic E-state index is 0.0207. The normalized spacial score (nSPS) is 24.0. The minimum atomic E-state index is -0.144. The SMILES string of the molecule is O=C1c2ccccc2C(=O)N1[C@H]1CCNC1. The second-order valence-electron chi connectivity index (χ2n) is 4.17. The van der Waals surface area contributed by atoms with Crippen LogP contribution < -0.4 is 5.32 Å². The van der Waals surface area contributed by atoms with Gasteiger partial charge in [0.25, 0.3) is 11.8 Å². The molecule has 82 valence electrons. The summed E-state index contributed by atoms with van der Waals surface area (Å²) in [7, 11) is 0. The lowest BCUT2D eigenvalue weighted by molar-refractivity contribution is 0.0597. The molecule has 1 fully saturated rings. The molecular formula is C12H12N2O2. The van der Waals surface area contributed by atoms with Gasteiger partial charge in [-0.1, -0.05) is 12.1 Å². The summed E-state index contributed by atoms with van der Waals surface area (Å²) in [5.41, 5.74) is 1.08. The van der Waals surface area contributed by atoms with Crippen molar-refractivity contribution in [2.24, 2.45) is 0 Å². The third-order valence-electron chi connectivity index (χ3n) is 3.22. The number of carbonyl (C=O) groups is 2. The highest BCUT2D eigenvalue weighted by Crippen LogP contribution is 2.26. The monoisotopic (exact) mass is 216 g/mol. The van der Waals surface area contributed by atoms with E-state index in [-0.39, 0.29) is 17.9 Å². The summed E-state index contributed by atoms with van der Waals surface area (Å²) < 4.78 is 0. The van der Waals surface area contributed by atoms with Crippen LogP contribution in [0.4, 0.5) is 0 Å². The standard InChI is InChI=1S/C12H12N2O2/c15-11-9-3-1-2-4-10(9)12(16)14(11)8-5-6-13-7-8/h1-4,8,13H,5-7H2/t8-/m0/s1. The van der Waals surface area contributed by atoms with Crippen LogP contribution in [0.15, 0.2) is 24.3 Å². The fraction of sp³-hybridized carbons (Fsp3) is 0.333. The molecule has 16 heavy (non-hydrogen) atoms. The van der Waals surface area contributed by atoms with Gasteiger partial charge in [-0.2, -0.15) is 0 Å². The van der Waals surface area contributed by atoms with Crippen molar-refractivity contribution < 1.29 is 9.59 Å². The Labute approximate surface area is 93.2 Å². The average molecular weight is 216 g/mol. The molecule has 4 heteroatoms. The van der Waals surface area contributed by atoms with Crippen molar-refractivity contribution in [2.45, 2.75) is 12.5 Å². The van der Waals surface area contributed by atoms with Crippen LogP contribution >= 0.6 is 0 Å². The van der Waals surface area contributed by atoms with Gasteiger partial charge >= 0.3 is 0 Å². The van der Waals surface area contributed by atoms with Crippen molar-refractivity contribution in [3.8, 4) is 0 Å². The molecule has 0 aliphatic carbocycles. The highest BCUT2D eigenvalue weighted by Gasteiger charge is 2.40. The van der Waals surface area contributed by atoms with E-state index in [1.165, 1.54) is 4.90 Å². The molecule has 2 amide bonds. The molecule has 0 spiro atoms. The predicted octanol–water partition coefficient (Wildman–Crippen LogP) is 0.645. The number of rotatable bonds is 1. The Morgan fingerprint density at radius 2 is 1.75 bits per heavy atom. The van der Waals surface area contributed by atoms with E-state index in [2.05, 4.69) is 5.32 Å². The number of hydrogen-bond donors (Lipinski definition) is 1. The van der Waals surface area contributed by atoms with Gasteiger partial charge in [0.05, 0.1) is 17.2 Å². The van der Waals surface area contributed by atoms with E-state index in [4.69, 9.17) is 0 Å². The Bertz CT molecular complexity index is 429. The molecule has 2 heterocycles. The van der Waals surface area contributed by atoms with E-state index >= 15 is 0 Å². The summed E-state index contributed by atoms with van der Waals surface area (Å²) in [6, 6.07) is 7.05. The van der Waals surface area contributed by atoms with Gasteiger partial charge in [0, 0.05) is 6.54 Å². The van der Waals surface area contributed by atoms with Crippen molar-refractivity contribution in [2.75, 3.05) is 13.1 Å². The van der Waals surface area contributed by atoms with Crippen molar-refractivity contribution in [3.63, 3.8) is 0 Å². The summed E-state index contributed by atoms with van der Waals surface area (Å²) in [6.45, 7) is 1.59. The summed E-state index contributed by atoms with van der Waals surface area (Å²) in [5.74, 6) is -0.288. The lowest BCUT2D eigenvalue weighted by Gasteiger charge is -2.20. The molecule has 0 radical (unpaired) electrons. The van der Waals surface area contributed by atoms with Crippen LogP contribution in [0.2, 0.25) is 0 Å². The predicted molar refractivity (Wildman–Crippen MR) is 58.2 cm³/mol. The Hall–Kier alpha value is -1.68. The van der Waals surface area contributed by atoms with Gasteiger partial charge in [-0.25, -0.2) is 0 Å². The van der Waals surface area contributed by atoms with Gasteiger partial charge in [-0.15, -0.1) is 0 Å². The molecule has 2 aliphatic heterocycles. The lowest BCUT2D eigenvalue weighted by atomic mass is 10.1. The van der Waals surface area contributed by atoms with Gasteiger partial charge in [0.15, 0.2) is 0 Å². The van der Waals surface area contributed by atoms with Crippen molar-refractivity contribution in [1.82, 2.24) is 10.2 Å². The van der Waals surface area contributed by atoms with Crippen LogP contribution in [0.25, 0.3) is 0 Å². The molecule has 2 aliphatic rings. The Balaban J connectivity index is 2.00. The largest absolute Gasteiger partial charge is 0.315 e. The maximum atomic E-state index is 12.1. The zero-order valence-electron chi connectivity index (χ0n) is 8.77. The number of fused-ring (bicyclic) bond motifs is 1.